The summed E-state index contributed by atoms with van der Waals surface area (Å²) in [7, 11) is -3.45. The number of hydrogen-bond acceptors (Lipinski definition) is 4. The Morgan fingerprint density at radius 2 is 1.96 bits per heavy atom. The number of aryl methyl sites for hydroxylation is 1. The highest BCUT2D eigenvalue weighted by molar-refractivity contribution is 9.10. The summed E-state index contributed by atoms with van der Waals surface area (Å²) < 4.78 is 33.6. The predicted molar refractivity (Wildman–Crippen MR) is 100 cm³/mol. The van der Waals surface area contributed by atoms with E-state index in [1.54, 1.807) is 28.7 Å². The van der Waals surface area contributed by atoms with E-state index >= 15 is 0 Å². The minimum absolute atomic E-state index is 0.331. The van der Waals surface area contributed by atoms with E-state index in [4.69, 9.17) is 4.74 Å². The van der Waals surface area contributed by atoms with E-state index in [1.165, 1.54) is 0 Å². The van der Waals surface area contributed by atoms with Crippen LogP contribution in [0, 0.1) is 12.8 Å². The second-order valence-electron chi connectivity index (χ2n) is 6.22. The van der Waals surface area contributed by atoms with Gasteiger partial charge < -0.3 is 4.74 Å². The van der Waals surface area contributed by atoms with E-state index in [2.05, 4.69) is 20.9 Å². The number of aromatic nitrogens is 1. The van der Waals surface area contributed by atoms with E-state index in [-0.39, 0.29) is 0 Å². The fraction of sp³-hybridized carbons (Fsp3) is 0.389. The molecule has 2 aromatic rings. The zero-order valence-electron chi connectivity index (χ0n) is 14.1. The van der Waals surface area contributed by atoms with Gasteiger partial charge in [-0.3, -0.25) is 4.98 Å². The minimum atomic E-state index is -3.45. The number of rotatable bonds is 5. The van der Waals surface area contributed by atoms with Crippen LogP contribution < -0.4 is 4.74 Å². The molecule has 1 aliphatic rings. The summed E-state index contributed by atoms with van der Waals surface area (Å²) in [4.78, 5) is 4.48. The molecule has 3 rings (SSSR count). The lowest BCUT2D eigenvalue weighted by molar-refractivity contribution is 0.185. The monoisotopic (exact) mass is 424 g/mol. The molecule has 0 unspecified atom stereocenters. The first-order valence-electron chi connectivity index (χ1n) is 8.27. The molecule has 0 bridgehead atoms. The summed E-state index contributed by atoms with van der Waals surface area (Å²) >= 11 is 3.34. The summed E-state index contributed by atoms with van der Waals surface area (Å²) in [6.07, 6.45) is 3.33. The molecule has 1 aliphatic heterocycles. The molecule has 2 heterocycles. The smallest absolute Gasteiger partial charge is 0.244 e. The Kier molecular flexibility index (Phi) is 5.76. The first-order valence-corrected chi connectivity index (χ1v) is 10.5. The Morgan fingerprint density at radius 3 is 2.64 bits per heavy atom. The normalized spacial score (nSPS) is 16.7. The Balaban J connectivity index is 1.57. The number of nitrogens with zero attached hydrogens (tertiary/aromatic N) is 2. The minimum Gasteiger partial charge on any atom is -0.493 e. The Bertz CT molecular complexity index is 834. The van der Waals surface area contributed by atoms with Crippen LogP contribution in [-0.4, -0.2) is 37.4 Å². The summed E-state index contributed by atoms with van der Waals surface area (Å²) in [6.45, 7) is 3.57. The quantitative estimate of drug-likeness (QED) is 0.734. The summed E-state index contributed by atoms with van der Waals surface area (Å²) in [5, 5.41) is 0. The van der Waals surface area contributed by atoms with Crippen LogP contribution in [0.4, 0.5) is 0 Å². The van der Waals surface area contributed by atoms with Crippen molar-refractivity contribution in [1.29, 1.82) is 0 Å². The van der Waals surface area contributed by atoms with Gasteiger partial charge in [-0.05, 0) is 59.8 Å². The average Bonchev–Trinajstić information content (AvgIpc) is 2.61. The third kappa shape index (κ3) is 4.40. The Labute approximate surface area is 157 Å². The molecule has 0 radical (unpaired) electrons. The second kappa shape index (κ2) is 7.85. The van der Waals surface area contributed by atoms with Crippen LogP contribution in [0.25, 0.3) is 0 Å². The molecule has 5 nitrogen and oxygen atoms in total. The van der Waals surface area contributed by atoms with Crippen molar-refractivity contribution in [3.8, 4) is 5.75 Å². The van der Waals surface area contributed by atoms with Gasteiger partial charge in [0.05, 0.1) is 11.5 Å². The lowest BCUT2D eigenvalue weighted by atomic mass is 9.99. The van der Waals surface area contributed by atoms with Gasteiger partial charge in [0.25, 0.3) is 0 Å². The van der Waals surface area contributed by atoms with Crippen molar-refractivity contribution >= 4 is 26.0 Å². The van der Waals surface area contributed by atoms with Gasteiger partial charge in [-0.25, -0.2) is 8.42 Å². The maximum absolute atomic E-state index is 12.8. The number of halogens is 1. The summed E-state index contributed by atoms with van der Waals surface area (Å²) in [5.41, 5.74) is 0.923. The van der Waals surface area contributed by atoms with E-state index in [0.717, 1.165) is 24.3 Å². The van der Waals surface area contributed by atoms with Gasteiger partial charge in [0.2, 0.25) is 10.0 Å². The van der Waals surface area contributed by atoms with E-state index < -0.39 is 10.0 Å². The predicted octanol–water partition coefficient (Wildman–Crippen LogP) is 3.63. The molecule has 25 heavy (non-hydrogen) atoms. The lowest BCUT2D eigenvalue weighted by Gasteiger charge is -2.31. The van der Waals surface area contributed by atoms with Crippen LogP contribution in [-0.2, 0) is 10.0 Å². The molecule has 1 fully saturated rings. The van der Waals surface area contributed by atoms with Crippen molar-refractivity contribution in [3.05, 3.63) is 52.8 Å². The molecule has 1 aromatic carbocycles. The molecule has 7 heteroatoms. The largest absolute Gasteiger partial charge is 0.493 e. The van der Waals surface area contributed by atoms with E-state index in [0.29, 0.717) is 35.0 Å². The molecule has 134 valence electrons. The number of sulfonamides is 1. The number of ether oxygens (including phenoxy) is 1. The molecule has 1 saturated heterocycles. The van der Waals surface area contributed by atoms with Crippen LogP contribution in [0.15, 0.2) is 52.0 Å². The van der Waals surface area contributed by atoms with Gasteiger partial charge in [-0.1, -0.05) is 12.1 Å². The van der Waals surface area contributed by atoms with Gasteiger partial charge >= 0.3 is 0 Å². The lowest BCUT2D eigenvalue weighted by Crippen LogP contribution is -2.39. The van der Waals surface area contributed by atoms with Crippen LogP contribution in [0.3, 0.4) is 0 Å². The van der Waals surface area contributed by atoms with Crippen molar-refractivity contribution < 1.29 is 13.2 Å². The van der Waals surface area contributed by atoms with Gasteiger partial charge in [-0.15, -0.1) is 0 Å². The van der Waals surface area contributed by atoms with Gasteiger partial charge in [-0.2, -0.15) is 4.31 Å². The highest BCUT2D eigenvalue weighted by atomic mass is 79.9. The average molecular weight is 425 g/mol. The SMILES string of the molecule is Cc1cc(OCC2CCN(S(=O)(=O)c3ccccc3Br)CC2)ccn1. The fourth-order valence-corrected chi connectivity index (χ4v) is 5.37. The van der Waals surface area contributed by atoms with Gasteiger partial charge in [0, 0.05) is 35.5 Å². The number of benzene rings is 1. The topological polar surface area (TPSA) is 59.5 Å². The van der Waals surface area contributed by atoms with Crippen LogP contribution in [0.1, 0.15) is 18.5 Å². The zero-order valence-corrected chi connectivity index (χ0v) is 16.5. The molecular formula is C18H21BrN2O3S. The highest BCUT2D eigenvalue weighted by Crippen LogP contribution is 2.28. The van der Waals surface area contributed by atoms with E-state index in [1.807, 2.05) is 25.1 Å². The molecular weight excluding hydrogens is 404 g/mol. The van der Waals surface area contributed by atoms with Gasteiger partial charge in [0.15, 0.2) is 0 Å². The first-order chi connectivity index (χ1) is 12.0. The van der Waals surface area contributed by atoms with Crippen LogP contribution in [0.5, 0.6) is 5.75 Å². The van der Waals surface area contributed by atoms with Gasteiger partial charge in [0.1, 0.15) is 5.75 Å². The first kappa shape index (κ1) is 18.4. The molecule has 0 atom stereocenters. The molecule has 0 spiro atoms. The Hall–Kier alpha value is -1.44. The van der Waals surface area contributed by atoms with Crippen molar-refractivity contribution in [1.82, 2.24) is 9.29 Å². The standard InChI is InChI=1S/C18H21BrN2O3S/c1-14-12-16(6-9-20-14)24-13-15-7-10-21(11-8-15)25(22,23)18-5-3-2-4-17(18)19/h2-6,9,12,15H,7-8,10-11,13H2,1H3. The van der Waals surface area contributed by atoms with E-state index in [9.17, 15) is 8.42 Å². The van der Waals surface area contributed by atoms with Crippen molar-refractivity contribution in [3.63, 3.8) is 0 Å². The molecule has 1 aromatic heterocycles. The summed E-state index contributed by atoms with van der Waals surface area (Å²) in [5.74, 6) is 1.18. The third-order valence-electron chi connectivity index (χ3n) is 4.38. The maximum atomic E-state index is 12.8. The van der Waals surface area contributed by atoms with Crippen LogP contribution >= 0.6 is 15.9 Å². The maximum Gasteiger partial charge on any atom is 0.244 e. The molecule has 0 N–H and O–H groups in total. The molecule has 0 aliphatic carbocycles. The molecule has 0 amide bonds. The molecule has 0 saturated carbocycles. The fourth-order valence-electron chi connectivity index (χ4n) is 2.93. The number of piperidine rings is 1. The third-order valence-corrected chi connectivity index (χ3v) is 7.29. The summed E-state index contributed by atoms with van der Waals surface area (Å²) in [6, 6.07) is 10.7. The van der Waals surface area contributed by atoms with Crippen molar-refractivity contribution in [2.45, 2.75) is 24.7 Å². The van der Waals surface area contributed by atoms with Crippen molar-refractivity contribution in [2.24, 2.45) is 5.92 Å². The van der Waals surface area contributed by atoms with Crippen LogP contribution in [0.2, 0.25) is 0 Å². The van der Waals surface area contributed by atoms with Crippen molar-refractivity contribution in [2.75, 3.05) is 19.7 Å². The number of pyridine rings is 1. The zero-order chi connectivity index (χ0) is 17.9. The highest BCUT2D eigenvalue weighted by Gasteiger charge is 2.30. The second-order valence-corrected chi connectivity index (χ2v) is 8.98. The number of hydrogen-bond donors (Lipinski definition) is 0. The Morgan fingerprint density at radius 1 is 1.24 bits per heavy atom.